The summed E-state index contributed by atoms with van der Waals surface area (Å²) in [6, 6.07) is 4.95. The molecule has 256 valence electrons. The van der Waals surface area contributed by atoms with Crippen LogP contribution in [0.5, 0.6) is 0 Å². The van der Waals surface area contributed by atoms with Gasteiger partial charge in [-0.05, 0) is 63.0 Å². The summed E-state index contributed by atoms with van der Waals surface area (Å²) in [5, 5.41) is 23.3. The summed E-state index contributed by atoms with van der Waals surface area (Å²) in [7, 11) is 0. The molecule has 0 aliphatic heterocycles. The average Bonchev–Trinajstić information content (AvgIpc) is 2.99. The lowest BCUT2D eigenvalue weighted by atomic mass is 10.0. The van der Waals surface area contributed by atoms with Crippen molar-refractivity contribution in [2.75, 3.05) is 13.2 Å². The zero-order chi connectivity index (χ0) is 34.5. The van der Waals surface area contributed by atoms with E-state index in [1.807, 2.05) is 44.2 Å². The van der Waals surface area contributed by atoms with Crippen LogP contribution in [0.1, 0.15) is 77.7 Å². The van der Waals surface area contributed by atoms with Gasteiger partial charge < -0.3 is 42.7 Å². The Morgan fingerprint density at radius 2 is 1.39 bits per heavy atom. The van der Waals surface area contributed by atoms with E-state index in [-0.39, 0.29) is 38.2 Å². The van der Waals surface area contributed by atoms with Gasteiger partial charge in [-0.1, -0.05) is 49.3 Å². The number of aliphatic carboxylic acids is 1. The molecule has 0 spiro atoms. The topological polar surface area (TPSA) is 244 Å². The minimum atomic E-state index is -1.25. The van der Waals surface area contributed by atoms with Crippen LogP contribution in [0.15, 0.2) is 35.5 Å². The summed E-state index contributed by atoms with van der Waals surface area (Å²) in [6.45, 7) is 5.48. The van der Waals surface area contributed by atoms with Gasteiger partial charge in [-0.2, -0.15) is 0 Å². The van der Waals surface area contributed by atoms with Crippen molar-refractivity contribution in [3.63, 3.8) is 0 Å². The maximum absolute atomic E-state index is 13.5. The highest BCUT2D eigenvalue weighted by atomic mass is 16.6. The molecule has 15 heteroatoms. The van der Waals surface area contributed by atoms with E-state index < -0.39 is 66.1 Å². The molecule has 0 aliphatic carbocycles. The molecule has 0 aromatic heterocycles. The van der Waals surface area contributed by atoms with Crippen LogP contribution in [0.3, 0.4) is 0 Å². The molecular formula is C31H49N7O8. The van der Waals surface area contributed by atoms with Crippen molar-refractivity contribution in [3.05, 3.63) is 35.9 Å². The maximum atomic E-state index is 13.5. The molecule has 0 aliphatic rings. The predicted octanol–water partition coefficient (Wildman–Crippen LogP) is 0.302. The molecule has 4 atom stereocenters. The Kier molecular flexibility index (Phi) is 18.9. The lowest BCUT2D eigenvalue weighted by Crippen LogP contribution is -2.58. The average molecular weight is 648 g/mol. The molecule has 0 bridgehead atoms. The van der Waals surface area contributed by atoms with Crippen LogP contribution in [0.25, 0.3) is 0 Å². The minimum Gasteiger partial charge on any atom is -0.481 e. The van der Waals surface area contributed by atoms with Crippen molar-refractivity contribution in [2.24, 2.45) is 22.5 Å². The third-order valence-corrected chi connectivity index (χ3v) is 6.73. The second-order valence-electron chi connectivity index (χ2n) is 11.3. The number of carboxylic acid groups (broad SMARTS) is 1. The van der Waals surface area contributed by atoms with E-state index in [9.17, 15) is 28.8 Å². The smallest absolute Gasteiger partial charge is 0.303 e. The fourth-order valence-corrected chi connectivity index (χ4v) is 4.39. The number of primary amides is 1. The van der Waals surface area contributed by atoms with Gasteiger partial charge in [0.15, 0.2) is 0 Å². The molecule has 0 unspecified atom stereocenters. The van der Waals surface area contributed by atoms with Crippen LogP contribution in [-0.2, 0) is 33.6 Å². The molecule has 0 saturated heterocycles. The third-order valence-electron chi connectivity index (χ3n) is 6.73. The Labute approximate surface area is 269 Å². The van der Waals surface area contributed by atoms with Gasteiger partial charge in [0.25, 0.3) is 0 Å². The number of carbonyl (C=O) groups is 6. The number of nitrogens with zero attached hydrogens (tertiary/aromatic N) is 1. The summed E-state index contributed by atoms with van der Waals surface area (Å²) in [5.41, 5.74) is 11.8. The number of carbonyl (C=O) groups excluding carboxylic acids is 5. The maximum Gasteiger partial charge on any atom is 0.303 e. The standard InChI is InChI=1S/C31H49N7O8/c1-20(2)18-26(31(45)36-23(28(33)42)14-15-27(40)41)38-30(44)25(12-7-8-16-32)37-29(43)24(35-21(3)39)13-9-17-46-34-19-22-10-5-4-6-11-22/h4-6,10-11,19-20,23-26H,7-9,12-18,32H2,1-3H3,(H2,33,42)(H,35,39)(H,36,45)(H,37,43)(H,38,44)(H,40,41)/b34-19+/t23-,24-,25-,26-/m0/s1. The van der Waals surface area contributed by atoms with Crippen LogP contribution in [0.2, 0.25) is 0 Å². The molecular weight excluding hydrogens is 598 g/mol. The van der Waals surface area contributed by atoms with Crippen molar-refractivity contribution in [1.29, 1.82) is 0 Å². The minimum absolute atomic E-state index is 0.0595. The highest BCUT2D eigenvalue weighted by molar-refractivity contribution is 5.95. The van der Waals surface area contributed by atoms with E-state index in [2.05, 4.69) is 26.4 Å². The first kappa shape index (κ1) is 39.5. The first-order chi connectivity index (χ1) is 21.8. The zero-order valence-corrected chi connectivity index (χ0v) is 26.8. The Morgan fingerprint density at radius 3 is 1.96 bits per heavy atom. The normalized spacial score (nSPS) is 13.7. The summed E-state index contributed by atoms with van der Waals surface area (Å²) >= 11 is 0. The number of rotatable bonds is 23. The largest absolute Gasteiger partial charge is 0.481 e. The number of carboxylic acids is 1. The number of unbranched alkanes of at least 4 members (excludes halogenated alkanes) is 1. The molecule has 1 aromatic rings. The summed E-state index contributed by atoms with van der Waals surface area (Å²) in [4.78, 5) is 79.9. The van der Waals surface area contributed by atoms with Crippen LogP contribution >= 0.6 is 0 Å². The predicted molar refractivity (Wildman–Crippen MR) is 171 cm³/mol. The van der Waals surface area contributed by atoms with Crippen LogP contribution in [0, 0.1) is 5.92 Å². The molecule has 0 heterocycles. The molecule has 1 aromatic carbocycles. The van der Waals surface area contributed by atoms with E-state index in [0.717, 1.165) is 5.56 Å². The van der Waals surface area contributed by atoms with Crippen LogP contribution in [-0.4, -0.2) is 84.1 Å². The van der Waals surface area contributed by atoms with E-state index in [1.165, 1.54) is 6.92 Å². The Hall–Kier alpha value is -4.53. The molecule has 9 N–H and O–H groups in total. The Bertz CT molecular complexity index is 1160. The monoisotopic (exact) mass is 647 g/mol. The fraction of sp³-hybridized carbons (Fsp3) is 0.581. The molecule has 0 fully saturated rings. The van der Waals surface area contributed by atoms with E-state index in [1.54, 1.807) is 6.21 Å². The van der Waals surface area contributed by atoms with Gasteiger partial charge >= 0.3 is 5.97 Å². The second kappa shape index (κ2) is 22.1. The van der Waals surface area contributed by atoms with E-state index in [0.29, 0.717) is 25.8 Å². The van der Waals surface area contributed by atoms with Gasteiger partial charge in [0, 0.05) is 13.3 Å². The molecule has 5 amide bonds. The molecule has 1 rings (SSSR count). The fourth-order valence-electron chi connectivity index (χ4n) is 4.39. The summed E-state index contributed by atoms with van der Waals surface area (Å²) < 4.78 is 0. The first-order valence-electron chi connectivity index (χ1n) is 15.4. The molecule has 0 radical (unpaired) electrons. The van der Waals surface area contributed by atoms with Crippen molar-refractivity contribution in [3.8, 4) is 0 Å². The van der Waals surface area contributed by atoms with Crippen molar-refractivity contribution < 1.29 is 38.7 Å². The summed E-state index contributed by atoms with van der Waals surface area (Å²) in [5.74, 6) is -4.52. The molecule has 46 heavy (non-hydrogen) atoms. The Morgan fingerprint density at radius 1 is 0.826 bits per heavy atom. The zero-order valence-electron chi connectivity index (χ0n) is 26.8. The lowest BCUT2D eigenvalue weighted by molar-refractivity contribution is -0.138. The number of nitrogens with two attached hydrogens (primary N) is 2. The van der Waals surface area contributed by atoms with E-state index in [4.69, 9.17) is 21.4 Å². The van der Waals surface area contributed by atoms with Gasteiger partial charge in [-0.15, -0.1) is 0 Å². The van der Waals surface area contributed by atoms with Crippen LogP contribution in [0.4, 0.5) is 0 Å². The van der Waals surface area contributed by atoms with Gasteiger partial charge in [-0.25, -0.2) is 0 Å². The van der Waals surface area contributed by atoms with Crippen molar-refractivity contribution in [2.45, 2.75) is 96.3 Å². The van der Waals surface area contributed by atoms with E-state index >= 15 is 0 Å². The Balaban J connectivity index is 2.96. The van der Waals surface area contributed by atoms with Gasteiger partial charge in [0.2, 0.25) is 29.5 Å². The van der Waals surface area contributed by atoms with Gasteiger partial charge in [-0.3, -0.25) is 28.8 Å². The number of nitrogens with one attached hydrogen (secondary N) is 4. The SMILES string of the molecule is CC(=O)N[C@@H](CCCO/N=C/c1ccccc1)C(=O)N[C@@H](CCCCN)C(=O)N[C@@H](CC(C)C)C(=O)N[C@@H](CCC(=O)O)C(N)=O. The lowest BCUT2D eigenvalue weighted by Gasteiger charge is -2.27. The number of amides is 5. The van der Waals surface area contributed by atoms with Crippen molar-refractivity contribution >= 4 is 41.7 Å². The number of hydrogen-bond acceptors (Lipinski definition) is 9. The van der Waals surface area contributed by atoms with Gasteiger partial charge in [0.05, 0.1) is 6.21 Å². The number of benzene rings is 1. The third kappa shape index (κ3) is 17.1. The first-order valence-corrected chi connectivity index (χ1v) is 15.4. The second-order valence-corrected chi connectivity index (χ2v) is 11.3. The molecule has 0 saturated carbocycles. The molecule has 15 nitrogen and oxygen atoms in total. The number of hydrogen-bond donors (Lipinski definition) is 7. The van der Waals surface area contributed by atoms with Crippen LogP contribution < -0.4 is 32.7 Å². The highest BCUT2D eigenvalue weighted by Gasteiger charge is 2.31. The highest BCUT2D eigenvalue weighted by Crippen LogP contribution is 2.10. The summed E-state index contributed by atoms with van der Waals surface area (Å²) in [6.07, 6.45) is 2.98. The quantitative estimate of drug-likeness (QED) is 0.0490. The van der Waals surface area contributed by atoms with Gasteiger partial charge in [0.1, 0.15) is 30.8 Å². The number of oxime groups is 1. The van der Waals surface area contributed by atoms with Crippen molar-refractivity contribution in [1.82, 2.24) is 21.3 Å².